The first-order valence-corrected chi connectivity index (χ1v) is 27.8. The van der Waals surface area contributed by atoms with Gasteiger partial charge in [0.15, 0.2) is 11.5 Å². The topological polar surface area (TPSA) is 197 Å². The van der Waals surface area contributed by atoms with Crippen LogP contribution in [0.15, 0.2) is 121 Å². The molecule has 1 aliphatic carbocycles. The lowest BCUT2D eigenvalue weighted by Crippen LogP contribution is -2.59. The molecule has 5 aromatic carbocycles. The third-order valence-corrected chi connectivity index (χ3v) is 16.8. The lowest BCUT2D eigenvalue weighted by atomic mass is 9.64. The molecule has 80 heavy (non-hydrogen) atoms. The van der Waals surface area contributed by atoms with E-state index in [1.165, 1.54) is 7.11 Å². The molecule has 416 valence electrons. The van der Waals surface area contributed by atoms with Crippen molar-refractivity contribution in [2.75, 3.05) is 58.2 Å². The number of aliphatic hydroxyl groups is 2. The Morgan fingerprint density at radius 1 is 0.800 bits per heavy atom. The molecule has 3 N–H and O–H groups in total. The number of methoxy groups -OCH3 is 1. The molecule has 5 aliphatic heterocycles. The zero-order valence-corrected chi connectivity index (χ0v) is 45.3. The first kappa shape index (κ1) is 54.2. The predicted molar refractivity (Wildman–Crippen MR) is 294 cm³/mol. The molecular formula is C63H67N5O12. The summed E-state index contributed by atoms with van der Waals surface area (Å²) in [5.41, 5.74) is 0.0426. The highest BCUT2D eigenvalue weighted by Crippen LogP contribution is 2.67. The Morgan fingerprint density at radius 3 is 2.19 bits per heavy atom. The fraction of sp³-hybridized carbons (Fsp3) is 0.413. The molecule has 6 aliphatic rings. The van der Waals surface area contributed by atoms with E-state index >= 15 is 19.2 Å². The van der Waals surface area contributed by atoms with Gasteiger partial charge >= 0.3 is 18.0 Å². The number of urea groups is 1. The number of esters is 2. The van der Waals surface area contributed by atoms with Crippen molar-refractivity contribution in [3.8, 4) is 29.1 Å². The first-order chi connectivity index (χ1) is 38.8. The standard InChI is InChI=1S/C63H67N5O12/c1-40(2)52(58(71)76-3)64-61(74)67-47-24-22-41(26-29-62(75)27-14-4-5-15-28-62)36-46(47)63(60(67)73)51(57(70)66-32-30-65(31-33-66)38-42-23-25-49-50(37-42)79-39-78-49)54-59(72)80-55(44-18-10-7-11-19-44)53(43-16-8-6-9-17-43)68(54)56(63)45-20-12-13-21-48(45)77-35-34-69/h6-13,16-25,36-37,40,51-56,69,75H,4-5,14-15,27-28,30-35,38-39H2,1-3H3,(H,64,74)/t51-,52+,53-,54-,55+,56+,63-/m1/s1. The van der Waals surface area contributed by atoms with E-state index in [4.69, 9.17) is 23.7 Å². The van der Waals surface area contributed by atoms with Gasteiger partial charge in [-0.2, -0.15) is 0 Å². The molecule has 0 radical (unpaired) electrons. The van der Waals surface area contributed by atoms with Gasteiger partial charge in [0.25, 0.3) is 0 Å². The average molecular weight is 1090 g/mol. The molecule has 17 nitrogen and oxygen atoms in total. The lowest BCUT2D eigenvalue weighted by Gasteiger charge is -2.46. The number of piperazine rings is 1. The Hall–Kier alpha value is -7.75. The third kappa shape index (κ3) is 9.92. The van der Waals surface area contributed by atoms with Crippen LogP contribution in [-0.4, -0.2) is 126 Å². The second-order valence-corrected chi connectivity index (χ2v) is 21.9. The number of hydrogen-bond acceptors (Lipinski definition) is 14. The summed E-state index contributed by atoms with van der Waals surface area (Å²) in [4.78, 5) is 85.4. The fourth-order valence-corrected chi connectivity index (χ4v) is 13.0. The van der Waals surface area contributed by atoms with Crippen molar-refractivity contribution in [1.29, 1.82) is 0 Å². The number of ether oxygens (including phenoxy) is 5. The lowest BCUT2D eigenvalue weighted by molar-refractivity contribution is -0.179. The van der Waals surface area contributed by atoms with Gasteiger partial charge in [-0.3, -0.25) is 24.2 Å². The van der Waals surface area contributed by atoms with Crippen LogP contribution < -0.4 is 24.4 Å². The van der Waals surface area contributed by atoms with Gasteiger partial charge < -0.3 is 44.1 Å². The highest BCUT2D eigenvalue weighted by Gasteiger charge is 2.76. The van der Waals surface area contributed by atoms with Crippen LogP contribution in [0.4, 0.5) is 10.5 Å². The molecular weight excluding hydrogens is 1020 g/mol. The van der Waals surface area contributed by atoms with Crippen molar-refractivity contribution in [3.63, 3.8) is 0 Å². The molecule has 0 bridgehead atoms. The molecule has 17 heteroatoms. The van der Waals surface area contributed by atoms with Crippen LogP contribution in [0.1, 0.15) is 104 Å². The highest BCUT2D eigenvalue weighted by atomic mass is 16.7. The number of carbonyl (C=O) groups excluding carboxylic acids is 5. The number of carbonyl (C=O) groups is 5. The van der Waals surface area contributed by atoms with Gasteiger partial charge in [-0.05, 0) is 90.3 Å². The number of benzene rings is 5. The maximum atomic E-state index is 17.1. The van der Waals surface area contributed by atoms with Crippen LogP contribution >= 0.6 is 0 Å². The Balaban J connectivity index is 1.15. The van der Waals surface area contributed by atoms with Crippen LogP contribution in [0.25, 0.3) is 0 Å². The van der Waals surface area contributed by atoms with Crippen LogP contribution in [-0.2, 0) is 40.6 Å². The molecule has 7 atom stereocenters. The summed E-state index contributed by atoms with van der Waals surface area (Å²) in [5.74, 6) is 3.15. The van der Waals surface area contributed by atoms with Crippen molar-refractivity contribution in [2.24, 2.45) is 11.8 Å². The van der Waals surface area contributed by atoms with Crippen molar-refractivity contribution in [1.82, 2.24) is 20.0 Å². The molecule has 5 aromatic rings. The Morgan fingerprint density at radius 2 is 1.49 bits per heavy atom. The number of anilines is 1. The van der Waals surface area contributed by atoms with Gasteiger partial charge in [-0.25, -0.2) is 14.5 Å². The van der Waals surface area contributed by atoms with Gasteiger partial charge in [-0.1, -0.05) is 123 Å². The third-order valence-electron chi connectivity index (χ3n) is 16.8. The number of cyclic esters (lactones) is 1. The van der Waals surface area contributed by atoms with E-state index < -0.39 is 82.9 Å². The summed E-state index contributed by atoms with van der Waals surface area (Å²) in [6, 6.07) is 31.0. The van der Waals surface area contributed by atoms with Gasteiger partial charge in [0.1, 0.15) is 41.6 Å². The SMILES string of the molecule is COC(=O)[C@@H](NC(=O)N1C(=O)[C@@]2(c3cc(C#CC4(O)CCCCCC4)ccc31)[C@H](c1ccccc1OCCO)N1[C@H](c3ccccc3)[C@H](c3ccccc3)OC(=O)[C@H]1[C@@H]2C(=O)N1CCN(Cc2ccc3c(c2)OCO3)CC1)C(C)C. The van der Waals surface area contributed by atoms with Gasteiger partial charge in [0, 0.05) is 43.9 Å². The van der Waals surface area contributed by atoms with Crippen molar-refractivity contribution >= 4 is 35.5 Å². The molecule has 5 heterocycles. The summed E-state index contributed by atoms with van der Waals surface area (Å²) in [5, 5.41) is 25.0. The molecule has 1 saturated carbocycles. The van der Waals surface area contributed by atoms with E-state index in [0.717, 1.165) is 36.1 Å². The zero-order valence-electron chi connectivity index (χ0n) is 45.3. The van der Waals surface area contributed by atoms with E-state index in [1.807, 2.05) is 83.8 Å². The molecule has 3 saturated heterocycles. The second-order valence-electron chi connectivity index (χ2n) is 21.9. The summed E-state index contributed by atoms with van der Waals surface area (Å²) < 4.78 is 29.5. The number of imide groups is 1. The second kappa shape index (κ2) is 22.8. The van der Waals surface area contributed by atoms with Crippen LogP contribution in [0.3, 0.4) is 0 Å². The molecule has 11 rings (SSSR count). The maximum absolute atomic E-state index is 17.1. The Kier molecular flexibility index (Phi) is 15.4. The number of hydrogen-bond donors (Lipinski definition) is 3. The van der Waals surface area contributed by atoms with Crippen LogP contribution in [0.2, 0.25) is 0 Å². The normalized spacial score (nSPS) is 24.5. The predicted octanol–water partition coefficient (Wildman–Crippen LogP) is 7.14. The number of nitrogens with zero attached hydrogens (tertiary/aromatic N) is 4. The van der Waals surface area contributed by atoms with Crippen molar-refractivity contribution < 1.29 is 57.9 Å². The summed E-state index contributed by atoms with van der Waals surface area (Å²) in [7, 11) is 1.22. The number of nitrogens with one attached hydrogen (secondary N) is 1. The van der Waals surface area contributed by atoms with E-state index in [1.54, 1.807) is 61.2 Å². The van der Waals surface area contributed by atoms with E-state index in [-0.39, 0.29) is 50.1 Å². The fourth-order valence-electron chi connectivity index (χ4n) is 13.0. The van der Waals surface area contributed by atoms with Crippen LogP contribution in [0.5, 0.6) is 17.2 Å². The quantitative estimate of drug-likeness (QED) is 0.0648. The summed E-state index contributed by atoms with van der Waals surface area (Å²) >= 11 is 0. The smallest absolute Gasteiger partial charge is 0.329 e. The number of fused-ring (bicyclic) bond motifs is 4. The largest absolute Gasteiger partial charge is 0.491 e. The number of para-hydroxylation sites is 1. The summed E-state index contributed by atoms with van der Waals surface area (Å²) in [6.07, 6.45) is 3.53. The molecule has 1 spiro atoms. The molecule has 4 fully saturated rings. The Bertz CT molecular complexity index is 3200. The Labute approximate surface area is 465 Å². The molecule has 0 unspecified atom stereocenters. The van der Waals surface area contributed by atoms with Gasteiger partial charge in [0.2, 0.25) is 18.6 Å². The minimum absolute atomic E-state index is 0.104. The first-order valence-electron chi connectivity index (χ1n) is 27.8. The number of amides is 4. The molecule has 4 amide bonds. The van der Waals surface area contributed by atoms with Gasteiger partial charge in [0.05, 0.1) is 37.4 Å². The van der Waals surface area contributed by atoms with Crippen molar-refractivity contribution in [3.05, 3.63) is 155 Å². The number of morpholine rings is 1. The minimum atomic E-state index is -2.18. The van der Waals surface area contributed by atoms with E-state index in [9.17, 15) is 15.0 Å². The number of aliphatic hydroxyl groups excluding tert-OH is 1. The van der Waals surface area contributed by atoms with E-state index in [2.05, 4.69) is 22.1 Å². The minimum Gasteiger partial charge on any atom is -0.491 e. The monoisotopic (exact) mass is 1090 g/mol. The zero-order chi connectivity index (χ0) is 55.7. The van der Waals surface area contributed by atoms with E-state index in [0.29, 0.717) is 66.2 Å². The average Bonchev–Trinajstić information content (AvgIpc) is 3.35. The van der Waals surface area contributed by atoms with Crippen molar-refractivity contribution in [2.45, 2.75) is 100 Å². The van der Waals surface area contributed by atoms with Gasteiger partial charge in [-0.15, -0.1) is 0 Å². The molecule has 0 aromatic heterocycles. The van der Waals surface area contributed by atoms with Crippen LogP contribution in [0, 0.1) is 23.7 Å². The highest BCUT2D eigenvalue weighted by molar-refractivity contribution is 6.25. The number of rotatable bonds is 12. The summed E-state index contributed by atoms with van der Waals surface area (Å²) in [6.45, 7) is 5.02. The maximum Gasteiger partial charge on any atom is 0.329 e.